The lowest BCUT2D eigenvalue weighted by Gasteiger charge is -2.05. The topological polar surface area (TPSA) is 91.8 Å². The van der Waals surface area contributed by atoms with E-state index in [9.17, 15) is 9.59 Å². The van der Waals surface area contributed by atoms with Crippen LogP contribution >= 0.6 is 0 Å². The molecule has 3 aromatic rings. The second-order valence-corrected chi connectivity index (χ2v) is 6.09. The third-order valence-corrected chi connectivity index (χ3v) is 4.33. The molecule has 0 aliphatic heterocycles. The molecule has 0 spiro atoms. The van der Waals surface area contributed by atoms with Crippen LogP contribution in [0.2, 0.25) is 0 Å². The monoisotopic (exact) mass is 353 g/mol. The number of amides is 2. The molecule has 3 N–H and O–H groups in total. The molecule has 0 fully saturated rings. The lowest BCUT2D eigenvalue weighted by molar-refractivity contribution is -0.116. The van der Waals surface area contributed by atoms with Gasteiger partial charge < -0.3 is 15.6 Å². The van der Waals surface area contributed by atoms with Crippen LogP contribution in [-0.2, 0) is 17.8 Å². The van der Waals surface area contributed by atoms with E-state index in [2.05, 4.69) is 26.8 Å². The molecule has 7 nitrogen and oxygen atoms in total. The fourth-order valence-corrected chi connectivity index (χ4v) is 2.95. The van der Waals surface area contributed by atoms with Gasteiger partial charge in [-0.15, -0.1) is 0 Å². The van der Waals surface area contributed by atoms with E-state index in [0.717, 1.165) is 18.4 Å². The van der Waals surface area contributed by atoms with Crippen LogP contribution in [0.15, 0.2) is 36.7 Å². The Balaban J connectivity index is 1.59. The maximum atomic E-state index is 12.3. The van der Waals surface area contributed by atoms with Gasteiger partial charge in [0.2, 0.25) is 5.91 Å². The van der Waals surface area contributed by atoms with E-state index in [4.69, 9.17) is 0 Å². The number of fused-ring (bicyclic) bond motifs is 1. The summed E-state index contributed by atoms with van der Waals surface area (Å²) in [6, 6.07) is 8.13. The molecule has 0 bridgehead atoms. The molecule has 7 heteroatoms. The van der Waals surface area contributed by atoms with Crippen molar-refractivity contribution in [2.45, 2.75) is 32.7 Å². The summed E-state index contributed by atoms with van der Waals surface area (Å²) in [6.07, 6.45) is 5.60. The minimum atomic E-state index is -0.314. The van der Waals surface area contributed by atoms with Crippen LogP contribution in [0.4, 0.5) is 5.69 Å². The zero-order valence-electron chi connectivity index (χ0n) is 15.0. The predicted octanol–water partition coefficient (Wildman–Crippen LogP) is 2.71. The second kappa shape index (κ2) is 7.86. The van der Waals surface area contributed by atoms with Gasteiger partial charge in [-0.2, -0.15) is 5.10 Å². The van der Waals surface area contributed by atoms with Gasteiger partial charge >= 0.3 is 0 Å². The highest BCUT2D eigenvalue weighted by Crippen LogP contribution is 2.20. The van der Waals surface area contributed by atoms with E-state index in [-0.39, 0.29) is 17.5 Å². The summed E-state index contributed by atoms with van der Waals surface area (Å²) in [5, 5.41) is 10.7. The molecule has 0 radical (unpaired) electrons. The fraction of sp³-hybridized carbons (Fsp3) is 0.316. The average molecular weight is 353 g/mol. The Morgan fingerprint density at radius 1 is 1.27 bits per heavy atom. The van der Waals surface area contributed by atoms with Crippen molar-refractivity contribution >= 4 is 28.4 Å². The number of aromatic amines is 1. The Hall–Kier alpha value is -3.09. The normalized spacial score (nSPS) is 10.8. The maximum Gasteiger partial charge on any atom is 0.273 e. The number of aromatic nitrogens is 3. The number of carbonyl (C=O) groups excluding carboxylic acids is 2. The minimum absolute atomic E-state index is 0.120. The van der Waals surface area contributed by atoms with Crippen LogP contribution in [-0.4, -0.2) is 33.6 Å². The third-order valence-electron chi connectivity index (χ3n) is 4.33. The highest BCUT2D eigenvalue weighted by Gasteiger charge is 2.17. The van der Waals surface area contributed by atoms with E-state index < -0.39 is 0 Å². The van der Waals surface area contributed by atoms with E-state index in [1.807, 2.05) is 31.3 Å². The van der Waals surface area contributed by atoms with Gasteiger partial charge in [0.05, 0.1) is 5.69 Å². The summed E-state index contributed by atoms with van der Waals surface area (Å²) in [7, 11) is 1.54. The summed E-state index contributed by atoms with van der Waals surface area (Å²) in [5.41, 5.74) is 3.00. The highest BCUT2D eigenvalue weighted by molar-refractivity contribution is 6.02. The number of rotatable bonds is 7. The number of para-hydroxylation sites is 1. The smallest absolute Gasteiger partial charge is 0.273 e. The largest absolute Gasteiger partial charge is 0.361 e. The number of benzene rings is 1. The quantitative estimate of drug-likeness (QED) is 0.610. The summed E-state index contributed by atoms with van der Waals surface area (Å²) in [5.74, 6) is -0.433. The Labute approximate surface area is 151 Å². The molecule has 1 aromatic carbocycles. The molecule has 0 aliphatic rings. The lowest BCUT2D eigenvalue weighted by atomic mass is 10.1. The first-order chi connectivity index (χ1) is 12.6. The summed E-state index contributed by atoms with van der Waals surface area (Å²) in [4.78, 5) is 27.4. The van der Waals surface area contributed by atoms with Crippen LogP contribution in [0.5, 0.6) is 0 Å². The summed E-state index contributed by atoms with van der Waals surface area (Å²) < 4.78 is 1.63. The summed E-state index contributed by atoms with van der Waals surface area (Å²) >= 11 is 0. The molecule has 3 rings (SSSR count). The molecule has 0 atom stereocenters. The van der Waals surface area contributed by atoms with E-state index in [1.165, 1.54) is 10.9 Å². The number of hydrogen-bond donors (Lipinski definition) is 3. The SMILES string of the molecule is CCn1cc(NC(=O)CCCc2c[nH]c3ccccc23)c(C(=O)NC)n1. The standard InChI is InChI=1S/C19H23N5O2/c1-3-24-12-16(18(23-24)19(26)20-2)22-17(25)10-6-7-13-11-21-15-9-5-4-8-14(13)15/h4-5,8-9,11-12,21H,3,6-7,10H2,1-2H3,(H,20,26)(H,22,25). The van der Waals surface area contributed by atoms with Gasteiger partial charge in [0, 0.05) is 43.3 Å². The van der Waals surface area contributed by atoms with Gasteiger partial charge in [0.15, 0.2) is 5.69 Å². The molecule has 26 heavy (non-hydrogen) atoms. The zero-order valence-corrected chi connectivity index (χ0v) is 15.0. The molecule has 0 saturated heterocycles. The molecule has 0 aliphatic carbocycles. The minimum Gasteiger partial charge on any atom is -0.361 e. The molecule has 0 saturated carbocycles. The Morgan fingerprint density at radius 3 is 2.85 bits per heavy atom. The average Bonchev–Trinajstić information content (AvgIpc) is 3.25. The van der Waals surface area contributed by atoms with Gasteiger partial charge in [0.25, 0.3) is 5.91 Å². The predicted molar refractivity (Wildman–Crippen MR) is 101 cm³/mol. The van der Waals surface area contributed by atoms with Gasteiger partial charge in [0.1, 0.15) is 0 Å². The van der Waals surface area contributed by atoms with Crippen LogP contribution in [0.1, 0.15) is 35.8 Å². The van der Waals surface area contributed by atoms with Gasteiger partial charge in [-0.25, -0.2) is 0 Å². The third kappa shape index (κ3) is 3.77. The van der Waals surface area contributed by atoms with Crippen molar-refractivity contribution in [1.29, 1.82) is 0 Å². The number of carbonyl (C=O) groups is 2. The first-order valence-corrected chi connectivity index (χ1v) is 8.76. The maximum absolute atomic E-state index is 12.3. The number of hydrogen-bond acceptors (Lipinski definition) is 3. The van der Waals surface area contributed by atoms with Crippen LogP contribution in [0.3, 0.4) is 0 Å². The Morgan fingerprint density at radius 2 is 2.08 bits per heavy atom. The van der Waals surface area contributed by atoms with Crippen molar-refractivity contribution in [1.82, 2.24) is 20.1 Å². The van der Waals surface area contributed by atoms with Gasteiger partial charge in [-0.1, -0.05) is 18.2 Å². The molecule has 136 valence electrons. The summed E-state index contributed by atoms with van der Waals surface area (Å²) in [6.45, 7) is 2.55. The van der Waals surface area contributed by atoms with Crippen molar-refractivity contribution in [2.75, 3.05) is 12.4 Å². The number of nitrogens with one attached hydrogen (secondary N) is 3. The van der Waals surface area contributed by atoms with E-state index in [0.29, 0.717) is 18.7 Å². The number of aryl methyl sites for hydroxylation is 2. The Kier molecular flexibility index (Phi) is 5.36. The fourth-order valence-electron chi connectivity index (χ4n) is 2.95. The molecule has 2 amide bonds. The second-order valence-electron chi connectivity index (χ2n) is 6.09. The zero-order chi connectivity index (χ0) is 18.5. The molecule has 0 unspecified atom stereocenters. The molecular formula is C19H23N5O2. The van der Waals surface area contributed by atoms with Crippen LogP contribution in [0.25, 0.3) is 10.9 Å². The van der Waals surface area contributed by atoms with Crippen molar-refractivity contribution in [3.05, 3.63) is 47.9 Å². The number of nitrogens with zero attached hydrogens (tertiary/aromatic N) is 2. The molecule has 2 aromatic heterocycles. The van der Waals surface area contributed by atoms with Crippen molar-refractivity contribution < 1.29 is 9.59 Å². The first-order valence-electron chi connectivity index (χ1n) is 8.76. The van der Waals surface area contributed by atoms with Crippen molar-refractivity contribution in [3.63, 3.8) is 0 Å². The van der Waals surface area contributed by atoms with Crippen LogP contribution in [0, 0.1) is 0 Å². The van der Waals surface area contributed by atoms with Crippen molar-refractivity contribution in [2.24, 2.45) is 0 Å². The number of H-pyrrole nitrogens is 1. The highest BCUT2D eigenvalue weighted by atomic mass is 16.2. The number of anilines is 1. The van der Waals surface area contributed by atoms with Gasteiger partial charge in [-0.3, -0.25) is 14.3 Å². The van der Waals surface area contributed by atoms with E-state index >= 15 is 0 Å². The van der Waals surface area contributed by atoms with E-state index in [1.54, 1.807) is 17.9 Å². The Bertz CT molecular complexity index is 925. The first kappa shape index (κ1) is 17.7. The van der Waals surface area contributed by atoms with Crippen LogP contribution < -0.4 is 10.6 Å². The van der Waals surface area contributed by atoms with Gasteiger partial charge in [-0.05, 0) is 31.4 Å². The molecule has 2 heterocycles. The van der Waals surface area contributed by atoms with Crippen molar-refractivity contribution in [3.8, 4) is 0 Å². The lowest BCUT2D eigenvalue weighted by Crippen LogP contribution is -2.21. The molecular weight excluding hydrogens is 330 g/mol.